The van der Waals surface area contributed by atoms with Crippen LogP contribution in [0, 0.1) is 0 Å². The Morgan fingerprint density at radius 1 is 1.39 bits per heavy atom. The van der Waals surface area contributed by atoms with Gasteiger partial charge in [0.2, 0.25) is 5.89 Å². The van der Waals surface area contributed by atoms with Crippen molar-refractivity contribution < 1.29 is 14.1 Å². The van der Waals surface area contributed by atoms with Crippen LogP contribution in [0.15, 0.2) is 4.52 Å². The molecule has 1 fully saturated rings. The number of nitrogens with zero attached hydrogens (tertiary/aromatic N) is 4. The molecule has 1 aromatic heterocycles. The fourth-order valence-electron chi connectivity index (χ4n) is 1.80. The van der Waals surface area contributed by atoms with Gasteiger partial charge in [0.15, 0.2) is 5.82 Å². The van der Waals surface area contributed by atoms with E-state index in [0.717, 1.165) is 4.90 Å². The zero-order chi connectivity index (χ0) is 13.3. The Bertz CT molecular complexity index is 475. The molecule has 1 atom stereocenters. The summed E-state index contributed by atoms with van der Waals surface area (Å²) in [6, 6.07) is -0.862. The lowest BCUT2D eigenvalue weighted by Gasteiger charge is -2.13. The number of hydrogen-bond donors (Lipinski definition) is 0. The number of imide groups is 1. The minimum Gasteiger partial charge on any atom is -0.339 e. The maximum Gasteiger partial charge on any atom is 0.326 e. The Labute approximate surface area is 108 Å². The summed E-state index contributed by atoms with van der Waals surface area (Å²) in [5, 5.41) is 3.80. The van der Waals surface area contributed by atoms with Gasteiger partial charge in [-0.2, -0.15) is 16.7 Å². The molecule has 3 amide bonds. The van der Waals surface area contributed by atoms with E-state index in [2.05, 4.69) is 10.1 Å². The van der Waals surface area contributed by atoms with Gasteiger partial charge in [-0.3, -0.25) is 9.69 Å². The topological polar surface area (TPSA) is 79.5 Å². The van der Waals surface area contributed by atoms with Crippen molar-refractivity contribution in [3.8, 4) is 0 Å². The van der Waals surface area contributed by atoms with Crippen LogP contribution in [0.1, 0.15) is 11.7 Å². The first-order chi connectivity index (χ1) is 8.54. The lowest BCUT2D eigenvalue weighted by atomic mass is 10.2. The molecule has 98 valence electrons. The number of likely N-dealkylation sites (N-methyl/N-ethyl adjacent to an activating group) is 2. The molecule has 0 unspecified atom stereocenters. The van der Waals surface area contributed by atoms with Crippen molar-refractivity contribution in [3.05, 3.63) is 11.7 Å². The monoisotopic (exact) mass is 270 g/mol. The Morgan fingerprint density at radius 3 is 2.67 bits per heavy atom. The third-order valence-corrected chi connectivity index (χ3v) is 3.37. The van der Waals surface area contributed by atoms with Crippen molar-refractivity contribution in [3.63, 3.8) is 0 Å². The molecule has 0 N–H and O–H groups in total. The number of aromatic nitrogens is 2. The van der Waals surface area contributed by atoms with Crippen LogP contribution in [0.4, 0.5) is 4.79 Å². The summed E-state index contributed by atoms with van der Waals surface area (Å²) >= 11 is 1.59. The number of carbonyl (C=O) groups excluding carboxylic acids is 2. The van der Waals surface area contributed by atoms with Crippen molar-refractivity contribution >= 4 is 23.7 Å². The molecule has 1 aliphatic heterocycles. The van der Waals surface area contributed by atoms with Crippen molar-refractivity contribution in [2.75, 3.05) is 20.4 Å². The SMILES string of the molecule is CSCc1noc(C[C@H]2C(=O)N(C)C(=O)N2C)n1. The minimum atomic E-state index is -0.551. The molecule has 0 bridgehead atoms. The summed E-state index contributed by atoms with van der Waals surface area (Å²) in [5.41, 5.74) is 0. The standard InChI is InChI=1S/C10H14N4O3S/c1-13-6(9(15)14(2)10(13)16)4-8-11-7(5-18-3)12-17-8/h6H,4-5H2,1-3H3/t6-/m0/s1. The van der Waals surface area contributed by atoms with E-state index in [4.69, 9.17) is 4.52 Å². The van der Waals surface area contributed by atoms with Crippen molar-refractivity contribution in [1.29, 1.82) is 0 Å². The van der Waals surface area contributed by atoms with E-state index >= 15 is 0 Å². The van der Waals surface area contributed by atoms with E-state index < -0.39 is 6.04 Å². The lowest BCUT2D eigenvalue weighted by Crippen LogP contribution is -2.33. The van der Waals surface area contributed by atoms with E-state index in [-0.39, 0.29) is 18.4 Å². The van der Waals surface area contributed by atoms with Gasteiger partial charge < -0.3 is 9.42 Å². The first-order valence-corrected chi connectivity index (χ1v) is 6.78. The van der Waals surface area contributed by atoms with E-state index in [1.165, 1.54) is 11.9 Å². The van der Waals surface area contributed by atoms with Crippen molar-refractivity contribution in [1.82, 2.24) is 19.9 Å². The van der Waals surface area contributed by atoms with Gasteiger partial charge in [-0.05, 0) is 6.26 Å². The summed E-state index contributed by atoms with van der Waals surface area (Å²) < 4.78 is 5.06. The van der Waals surface area contributed by atoms with Gasteiger partial charge in [-0.1, -0.05) is 5.16 Å². The molecule has 1 aliphatic rings. The average Bonchev–Trinajstić information content (AvgIpc) is 2.86. The zero-order valence-corrected chi connectivity index (χ0v) is 11.2. The molecule has 1 aromatic rings. The van der Waals surface area contributed by atoms with E-state index in [0.29, 0.717) is 17.5 Å². The fraction of sp³-hybridized carbons (Fsp3) is 0.600. The molecule has 18 heavy (non-hydrogen) atoms. The summed E-state index contributed by atoms with van der Waals surface area (Å²) in [7, 11) is 3.06. The van der Waals surface area contributed by atoms with Crippen LogP contribution in [0.5, 0.6) is 0 Å². The molecule has 2 rings (SSSR count). The van der Waals surface area contributed by atoms with E-state index in [1.807, 2.05) is 6.26 Å². The average molecular weight is 270 g/mol. The van der Waals surface area contributed by atoms with Gasteiger partial charge in [0.1, 0.15) is 6.04 Å². The normalized spacial score (nSPS) is 20.1. The first kappa shape index (κ1) is 12.9. The predicted octanol–water partition coefficient (Wildman–Crippen LogP) is 0.367. The zero-order valence-electron chi connectivity index (χ0n) is 10.4. The maximum absolute atomic E-state index is 11.8. The maximum atomic E-state index is 11.8. The second-order valence-electron chi connectivity index (χ2n) is 4.05. The fourth-order valence-corrected chi connectivity index (χ4v) is 2.18. The smallest absolute Gasteiger partial charge is 0.326 e. The Balaban J connectivity index is 2.09. The van der Waals surface area contributed by atoms with Gasteiger partial charge in [0.05, 0.1) is 12.2 Å². The quantitative estimate of drug-likeness (QED) is 0.735. The first-order valence-electron chi connectivity index (χ1n) is 5.39. The largest absolute Gasteiger partial charge is 0.339 e. The van der Waals surface area contributed by atoms with Gasteiger partial charge in [-0.25, -0.2) is 4.79 Å². The highest BCUT2D eigenvalue weighted by Gasteiger charge is 2.41. The third-order valence-electron chi connectivity index (χ3n) is 2.82. The van der Waals surface area contributed by atoms with Crippen molar-refractivity contribution in [2.24, 2.45) is 0 Å². The highest BCUT2D eigenvalue weighted by atomic mass is 32.2. The van der Waals surface area contributed by atoms with E-state index in [1.54, 1.807) is 18.8 Å². The third kappa shape index (κ3) is 2.20. The van der Waals surface area contributed by atoms with Crippen LogP contribution in [-0.2, 0) is 17.0 Å². The molecule has 2 heterocycles. The van der Waals surface area contributed by atoms with Crippen LogP contribution in [0.3, 0.4) is 0 Å². The second kappa shape index (κ2) is 4.97. The summed E-state index contributed by atoms with van der Waals surface area (Å²) in [6.45, 7) is 0. The Hall–Kier alpha value is -1.57. The predicted molar refractivity (Wildman–Crippen MR) is 64.9 cm³/mol. The lowest BCUT2D eigenvalue weighted by molar-refractivity contribution is -0.127. The minimum absolute atomic E-state index is 0.243. The van der Waals surface area contributed by atoms with Crippen LogP contribution >= 0.6 is 11.8 Å². The summed E-state index contributed by atoms with van der Waals surface area (Å²) in [5.74, 6) is 1.40. The van der Waals surface area contributed by atoms with Crippen LogP contribution in [-0.4, -0.2) is 58.3 Å². The van der Waals surface area contributed by atoms with E-state index in [9.17, 15) is 9.59 Å². The Morgan fingerprint density at radius 2 is 2.11 bits per heavy atom. The molecule has 0 saturated carbocycles. The Kier molecular flexibility index (Phi) is 3.55. The van der Waals surface area contributed by atoms with Crippen LogP contribution in [0.2, 0.25) is 0 Å². The molecule has 8 heteroatoms. The molecular formula is C10H14N4O3S. The van der Waals surface area contributed by atoms with Gasteiger partial charge in [0.25, 0.3) is 5.91 Å². The molecule has 0 aromatic carbocycles. The summed E-state index contributed by atoms with van der Waals surface area (Å²) in [4.78, 5) is 30.1. The highest BCUT2D eigenvalue weighted by Crippen LogP contribution is 2.17. The number of rotatable bonds is 4. The number of hydrogen-bond acceptors (Lipinski definition) is 6. The summed E-state index contributed by atoms with van der Waals surface area (Å²) in [6.07, 6.45) is 2.20. The molecule has 1 saturated heterocycles. The number of thioether (sulfide) groups is 1. The molecular weight excluding hydrogens is 256 g/mol. The second-order valence-corrected chi connectivity index (χ2v) is 4.91. The van der Waals surface area contributed by atoms with Crippen LogP contribution < -0.4 is 0 Å². The number of urea groups is 1. The number of amides is 3. The molecule has 0 aliphatic carbocycles. The molecule has 7 nitrogen and oxygen atoms in total. The van der Waals surface area contributed by atoms with Crippen molar-refractivity contribution in [2.45, 2.75) is 18.2 Å². The van der Waals surface area contributed by atoms with Gasteiger partial charge >= 0.3 is 6.03 Å². The van der Waals surface area contributed by atoms with Gasteiger partial charge in [-0.15, -0.1) is 0 Å². The van der Waals surface area contributed by atoms with Crippen LogP contribution in [0.25, 0.3) is 0 Å². The van der Waals surface area contributed by atoms with Gasteiger partial charge in [0, 0.05) is 14.1 Å². The highest BCUT2D eigenvalue weighted by molar-refractivity contribution is 7.97. The number of carbonyl (C=O) groups is 2. The molecule has 0 radical (unpaired) electrons. The molecule has 0 spiro atoms.